The summed E-state index contributed by atoms with van der Waals surface area (Å²) in [7, 11) is 1.44. The minimum absolute atomic E-state index is 0.0229. The van der Waals surface area contributed by atoms with Crippen LogP contribution in [0.4, 0.5) is 0 Å². The van der Waals surface area contributed by atoms with Gasteiger partial charge < -0.3 is 19.4 Å². The standard InChI is InChI=1S/C57H99N2O7P/c1-7-10-13-16-19-22-25-26-27-28-29-30-31-32-35-38-41-44-47-50-57(61)66-55(48-45-42-39-36-33-23-20-17-14-11-8-2)54(53-65-67(62,63)64-52-51-59(4,5)6)58-56(60)49-46-43-40-37-34-24-21-18-15-12-9-3/h10,13,18-19,21-22,26-27,29-30,32,35,41,44-45,48,54-55H,7-9,11-12,14-17,20,23-25,28,31,33-34,36-40,42-43,46-47,49-53H2,1-6H3,(H-,58,60,62,63)/p+1/b13-10-,21-18-,22-19-,27-26-,30-29-,35-32-,44-41-,48-45-. The first-order chi connectivity index (χ1) is 32.4. The molecule has 1 amide bonds. The highest BCUT2D eigenvalue weighted by atomic mass is 31.2. The molecule has 0 aliphatic rings. The molecule has 0 fully saturated rings. The fraction of sp³-hybridized carbons (Fsp3) is 0.684. The van der Waals surface area contributed by atoms with Crippen LogP contribution in [0.25, 0.3) is 0 Å². The highest BCUT2D eigenvalue weighted by molar-refractivity contribution is 7.47. The number of ether oxygens (including phenoxy) is 1. The zero-order chi connectivity index (χ0) is 49.4. The number of quaternary nitrogens is 1. The summed E-state index contributed by atoms with van der Waals surface area (Å²) in [6.45, 7) is 6.76. The summed E-state index contributed by atoms with van der Waals surface area (Å²) < 4.78 is 30.4. The van der Waals surface area contributed by atoms with Gasteiger partial charge in [-0.1, -0.05) is 195 Å². The summed E-state index contributed by atoms with van der Waals surface area (Å²) in [5.74, 6) is -0.624. The first kappa shape index (κ1) is 63.9. The Morgan fingerprint density at radius 3 is 1.51 bits per heavy atom. The van der Waals surface area contributed by atoms with E-state index in [4.69, 9.17) is 13.8 Å². The lowest BCUT2D eigenvalue weighted by molar-refractivity contribution is -0.870. The van der Waals surface area contributed by atoms with Crippen molar-refractivity contribution in [2.75, 3.05) is 40.9 Å². The molecule has 0 rings (SSSR count). The number of carbonyl (C=O) groups excluding carboxylic acids is 2. The van der Waals surface area contributed by atoms with Gasteiger partial charge in [0.25, 0.3) is 0 Å². The van der Waals surface area contributed by atoms with Crippen molar-refractivity contribution in [1.29, 1.82) is 0 Å². The second kappa shape index (κ2) is 46.6. The molecule has 0 aromatic heterocycles. The molecule has 384 valence electrons. The molecule has 10 heteroatoms. The molecule has 0 aliphatic carbocycles. The number of amides is 1. The number of unbranched alkanes of at least 4 members (excludes halogenated alkanes) is 16. The largest absolute Gasteiger partial charge is 0.472 e. The molecule has 67 heavy (non-hydrogen) atoms. The van der Waals surface area contributed by atoms with Gasteiger partial charge in [0.05, 0.1) is 33.8 Å². The van der Waals surface area contributed by atoms with Gasteiger partial charge in [0, 0.05) is 12.8 Å². The van der Waals surface area contributed by atoms with Crippen LogP contribution in [0.2, 0.25) is 0 Å². The van der Waals surface area contributed by atoms with Crippen molar-refractivity contribution < 1.29 is 37.3 Å². The third-order valence-electron chi connectivity index (χ3n) is 11.0. The van der Waals surface area contributed by atoms with Crippen LogP contribution < -0.4 is 5.32 Å². The number of rotatable bonds is 46. The Kier molecular flexibility index (Phi) is 44.5. The number of hydrogen-bond acceptors (Lipinski definition) is 6. The minimum Gasteiger partial charge on any atom is -0.456 e. The number of phosphoric acid groups is 1. The number of nitrogens with zero attached hydrogens (tertiary/aromatic N) is 1. The molecule has 0 spiro atoms. The summed E-state index contributed by atoms with van der Waals surface area (Å²) in [5.41, 5.74) is 0. The van der Waals surface area contributed by atoms with Gasteiger partial charge in [-0.25, -0.2) is 4.57 Å². The second-order valence-electron chi connectivity index (χ2n) is 18.7. The van der Waals surface area contributed by atoms with Crippen LogP contribution in [0.15, 0.2) is 97.2 Å². The van der Waals surface area contributed by atoms with Gasteiger partial charge in [0.1, 0.15) is 19.3 Å². The molecule has 3 unspecified atom stereocenters. The number of phosphoric ester groups is 1. The fourth-order valence-electron chi connectivity index (χ4n) is 6.89. The number of esters is 1. The van der Waals surface area contributed by atoms with Crippen molar-refractivity contribution in [3.05, 3.63) is 97.2 Å². The number of allylic oxidation sites excluding steroid dienone is 15. The zero-order valence-electron chi connectivity index (χ0n) is 43.6. The van der Waals surface area contributed by atoms with Crippen LogP contribution in [0.1, 0.15) is 201 Å². The summed E-state index contributed by atoms with van der Waals surface area (Å²) in [5, 5.41) is 3.00. The van der Waals surface area contributed by atoms with Crippen LogP contribution in [-0.4, -0.2) is 74.3 Å². The van der Waals surface area contributed by atoms with Crippen molar-refractivity contribution in [2.45, 2.75) is 213 Å². The van der Waals surface area contributed by atoms with Gasteiger partial charge >= 0.3 is 13.8 Å². The predicted octanol–water partition coefficient (Wildman–Crippen LogP) is 15.7. The normalized spacial score (nSPS) is 14.7. The van der Waals surface area contributed by atoms with E-state index in [1.54, 1.807) is 0 Å². The van der Waals surface area contributed by atoms with Gasteiger partial charge in [0.15, 0.2) is 0 Å². The average molecular weight is 956 g/mol. The van der Waals surface area contributed by atoms with Gasteiger partial charge in [-0.15, -0.1) is 0 Å². The van der Waals surface area contributed by atoms with Gasteiger partial charge in [0.2, 0.25) is 5.91 Å². The van der Waals surface area contributed by atoms with E-state index in [1.807, 2.05) is 45.4 Å². The topological polar surface area (TPSA) is 111 Å². The molecule has 0 saturated carbocycles. The lowest BCUT2D eigenvalue weighted by Gasteiger charge is -2.27. The molecular weight excluding hydrogens is 856 g/mol. The lowest BCUT2D eigenvalue weighted by Crippen LogP contribution is -2.47. The summed E-state index contributed by atoms with van der Waals surface area (Å²) in [6, 6.07) is -0.885. The molecule has 3 atom stereocenters. The van der Waals surface area contributed by atoms with Crippen molar-refractivity contribution in [2.24, 2.45) is 0 Å². The lowest BCUT2D eigenvalue weighted by atomic mass is 10.1. The molecule has 9 nitrogen and oxygen atoms in total. The Balaban J connectivity index is 5.50. The minimum atomic E-state index is -4.46. The first-order valence-corrected chi connectivity index (χ1v) is 28.1. The molecule has 0 aromatic rings. The van der Waals surface area contributed by atoms with Crippen LogP contribution >= 0.6 is 7.82 Å². The highest BCUT2D eigenvalue weighted by Crippen LogP contribution is 2.43. The first-order valence-electron chi connectivity index (χ1n) is 26.6. The summed E-state index contributed by atoms with van der Waals surface area (Å²) in [4.78, 5) is 37.4. The van der Waals surface area contributed by atoms with Crippen molar-refractivity contribution in [1.82, 2.24) is 5.32 Å². The Morgan fingerprint density at radius 1 is 0.537 bits per heavy atom. The van der Waals surface area contributed by atoms with E-state index < -0.39 is 25.9 Å². The van der Waals surface area contributed by atoms with Crippen LogP contribution in [0, 0.1) is 0 Å². The van der Waals surface area contributed by atoms with E-state index >= 15 is 0 Å². The highest BCUT2D eigenvalue weighted by Gasteiger charge is 2.30. The number of likely N-dealkylation sites (N-methyl/N-ethyl adjacent to an activating group) is 1. The zero-order valence-corrected chi connectivity index (χ0v) is 44.5. The molecule has 2 N–H and O–H groups in total. The van der Waals surface area contributed by atoms with Crippen molar-refractivity contribution >= 4 is 19.7 Å². The average Bonchev–Trinajstić information content (AvgIpc) is 3.28. The fourth-order valence-corrected chi connectivity index (χ4v) is 7.62. The SMILES string of the molecule is CC/C=C\C/C=C\C/C=C\C/C=C\C/C=C\C/C=C\CCC(=O)OC(/C=C\CCCCCCCCCCC)C(COP(=O)(O)OCC[N+](C)(C)C)NC(=O)CCCCCCC/C=C\CCCC. The van der Waals surface area contributed by atoms with Gasteiger partial charge in [-0.3, -0.25) is 18.6 Å². The molecular formula is C57H100N2O7P+. The van der Waals surface area contributed by atoms with Crippen LogP contribution in [0.5, 0.6) is 0 Å². The van der Waals surface area contributed by atoms with Crippen LogP contribution in [-0.2, 0) is 27.9 Å². The molecule has 0 saturated heterocycles. The Bertz CT molecular complexity index is 1470. The molecule has 0 aromatic carbocycles. The summed E-state index contributed by atoms with van der Waals surface area (Å²) in [6.07, 6.45) is 61.4. The van der Waals surface area contributed by atoms with E-state index in [-0.39, 0.29) is 25.5 Å². The third-order valence-corrected chi connectivity index (χ3v) is 12.0. The quantitative estimate of drug-likeness (QED) is 0.0205. The van der Waals surface area contributed by atoms with Gasteiger partial charge in [-0.05, 0) is 89.5 Å². The smallest absolute Gasteiger partial charge is 0.456 e. The van der Waals surface area contributed by atoms with Crippen molar-refractivity contribution in [3.8, 4) is 0 Å². The monoisotopic (exact) mass is 956 g/mol. The maximum Gasteiger partial charge on any atom is 0.472 e. The Morgan fingerprint density at radius 2 is 0.985 bits per heavy atom. The second-order valence-corrected chi connectivity index (χ2v) is 20.1. The molecule has 0 bridgehead atoms. The number of nitrogens with one attached hydrogen (secondary N) is 1. The molecule has 0 radical (unpaired) electrons. The maximum absolute atomic E-state index is 13.4. The maximum atomic E-state index is 13.4. The van der Waals surface area contributed by atoms with E-state index in [0.29, 0.717) is 23.9 Å². The summed E-state index contributed by atoms with van der Waals surface area (Å²) >= 11 is 0. The Hall–Kier alpha value is -3.07. The van der Waals surface area contributed by atoms with Crippen LogP contribution in [0.3, 0.4) is 0 Å². The van der Waals surface area contributed by atoms with E-state index in [1.165, 1.54) is 57.8 Å². The molecule has 0 aliphatic heterocycles. The Labute approximate surface area is 411 Å². The van der Waals surface area contributed by atoms with E-state index in [2.05, 4.69) is 99.0 Å². The van der Waals surface area contributed by atoms with E-state index in [0.717, 1.165) is 103 Å². The third kappa shape index (κ3) is 47.8. The number of carbonyl (C=O) groups is 2. The predicted molar refractivity (Wildman–Crippen MR) is 286 cm³/mol. The van der Waals surface area contributed by atoms with Crippen molar-refractivity contribution in [3.63, 3.8) is 0 Å². The molecule has 0 heterocycles. The van der Waals surface area contributed by atoms with E-state index in [9.17, 15) is 19.0 Å². The number of hydrogen-bond donors (Lipinski definition) is 2. The van der Waals surface area contributed by atoms with Gasteiger partial charge in [-0.2, -0.15) is 0 Å².